The SMILES string of the molecule is Cc1nnc(Oc2ccc(N)cc2Cl)s1. The van der Waals surface area contributed by atoms with E-state index in [-0.39, 0.29) is 0 Å². The molecule has 2 N–H and O–H groups in total. The van der Waals surface area contributed by atoms with Gasteiger partial charge >= 0.3 is 0 Å². The van der Waals surface area contributed by atoms with Crippen LogP contribution in [0.2, 0.25) is 5.02 Å². The number of nitrogens with zero attached hydrogens (tertiary/aromatic N) is 2. The number of rotatable bonds is 2. The highest BCUT2D eigenvalue weighted by Gasteiger charge is 2.06. The van der Waals surface area contributed by atoms with Gasteiger partial charge in [-0.1, -0.05) is 28.0 Å². The zero-order chi connectivity index (χ0) is 10.8. The Bertz CT molecular complexity index is 486. The highest BCUT2D eigenvalue weighted by Crippen LogP contribution is 2.31. The maximum Gasteiger partial charge on any atom is 0.299 e. The normalized spacial score (nSPS) is 10.3. The van der Waals surface area contributed by atoms with Gasteiger partial charge in [0.15, 0.2) is 0 Å². The number of halogens is 1. The minimum Gasteiger partial charge on any atom is -0.428 e. The first-order valence-electron chi connectivity index (χ1n) is 4.18. The van der Waals surface area contributed by atoms with Gasteiger partial charge in [0.1, 0.15) is 10.8 Å². The maximum absolute atomic E-state index is 5.94. The number of hydrogen-bond donors (Lipinski definition) is 1. The van der Waals surface area contributed by atoms with Crippen molar-refractivity contribution in [3.8, 4) is 10.9 Å². The molecule has 0 saturated carbocycles. The minimum atomic E-state index is 0.461. The van der Waals surface area contributed by atoms with Crippen LogP contribution in [-0.2, 0) is 0 Å². The van der Waals surface area contributed by atoms with E-state index in [1.165, 1.54) is 11.3 Å². The molecular weight excluding hydrogens is 234 g/mol. The van der Waals surface area contributed by atoms with Crippen molar-refractivity contribution in [3.63, 3.8) is 0 Å². The molecular formula is C9H8ClN3OS. The highest BCUT2D eigenvalue weighted by molar-refractivity contribution is 7.13. The lowest BCUT2D eigenvalue weighted by Crippen LogP contribution is -1.88. The molecule has 1 aromatic heterocycles. The summed E-state index contributed by atoms with van der Waals surface area (Å²) in [4.78, 5) is 0. The van der Waals surface area contributed by atoms with E-state index < -0.39 is 0 Å². The Labute approximate surface area is 95.7 Å². The summed E-state index contributed by atoms with van der Waals surface area (Å²) in [5.41, 5.74) is 6.16. The summed E-state index contributed by atoms with van der Waals surface area (Å²) in [5, 5.41) is 9.44. The molecule has 0 fully saturated rings. The van der Waals surface area contributed by atoms with Crippen LogP contribution in [-0.4, -0.2) is 10.2 Å². The van der Waals surface area contributed by atoms with Crippen LogP contribution in [0.25, 0.3) is 0 Å². The van der Waals surface area contributed by atoms with E-state index in [0.717, 1.165) is 5.01 Å². The van der Waals surface area contributed by atoms with E-state index >= 15 is 0 Å². The molecule has 0 aliphatic carbocycles. The van der Waals surface area contributed by atoms with Gasteiger partial charge < -0.3 is 10.5 Å². The van der Waals surface area contributed by atoms with Crippen molar-refractivity contribution in [2.45, 2.75) is 6.92 Å². The van der Waals surface area contributed by atoms with Crippen molar-refractivity contribution in [1.29, 1.82) is 0 Å². The number of nitrogen functional groups attached to an aromatic ring is 1. The van der Waals surface area contributed by atoms with Gasteiger partial charge in [-0.15, -0.1) is 5.10 Å². The molecule has 0 unspecified atom stereocenters. The predicted octanol–water partition coefficient (Wildman–Crippen LogP) is 2.87. The summed E-state index contributed by atoms with van der Waals surface area (Å²) in [5.74, 6) is 0.530. The van der Waals surface area contributed by atoms with Crippen LogP contribution >= 0.6 is 22.9 Å². The highest BCUT2D eigenvalue weighted by atomic mass is 35.5. The summed E-state index contributed by atoms with van der Waals surface area (Å²) in [7, 11) is 0. The first kappa shape index (κ1) is 10.2. The summed E-state index contributed by atoms with van der Waals surface area (Å²) in [6.45, 7) is 1.86. The average Bonchev–Trinajstić information content (AvgIpc) is 2.56. The van der Waals surface area contributed by atoms with E-state index in [0.29, 0.717) is 21.7 Å². The molecule has 0 aliphatic rings. The van der Waals surface area contributed by atoms with Gasteiger partial charge in [-0.3, -0.25) is 0 Å². The summed E-state index contributed by atoms with van der Waals surface area (Å²) in [6, 6.07) is 5.05. The lowest BCUT2D eigenvalue weighted by molar-refractivity contribution is 0.473. The summed E-state index contributed by atoms with van der Waals surface area (Å²) in [6.07, 6.45) is 0. The molecule has 15 heavy (non-hydrogen) atoms. The molecule has 0 amide bonds. The Balaban J connectivity index is 2.24. The Kier molecular flexibility index (Phi) is 2.75. The predicted molar refractivity (Wildman–Crippen MR) is 60.6 cm³/mol. The van der Waals surface area contributed by atoms with E-state index in [9.17, 15) is 0 Å². The molecule has 6 heteroatoms. The second kappa shape index (κ2) is 4.04. The molecule has 78 valence electrons. The molecule has 0 saturated heterocycles. The molecule has 2 aromatic rings. The van der Waals surface area contributed by atoms with Crippen LogP contribution < -0.4 is 10.5 Å². The second-order valence-electron chi connectivity index (χ2n) is 2.88. The number of aryl methyl sites for hydroxylation is 1. The van der Waals surface area contributed by atoms with E-state index in [2.05, 4.69) is 10.2 Å². The number of ether oxygens (including phenoxy) is 1. The van der Waals surface area contributed by atoms with E-state index in [1.54, 1.807) is 18.2 Å². The first-order chi connectivity index (χ1) is 7.15. The fourth-order valence-electron chi connectivity index (χ4n) is 1.01. The third kappa shape index (κ3) is 2.37. The quantitative estimate of drug-likeness (QED) is 0.822. The van der Waals surface area contributed by atoms with Crippen LogP contribution in [0.1, 0.15) is 5.01 Å². The second-order valence-corrected chi connectivity index (χ2v) is 4.43. The average molecular weight is 242 g/mol. The van der Waals surface area contributed by atoms with Gasteiger partial charge in [0.25, 0.3) is 5.19 Å². The fourth-order valence-corrected chi connectivity index (χ4v) is 1.79. The number of nitrogens with two attached hydrogens (primary N) is 1. The molecule has 0 atom stereocenters. The van der Waals surface area contributed by atoms with Crippen LogP contribution in [0.5, 0.6) is 10.9 Å². The number of anilines is 1. The Hall–Kier alpha value is -1.33. The van der Waals surface area contributed by atoms with E-state index in [4.69, 9.17) is 22.1 Å². The molecule has 2 rings (SSSR count). The van der Waals surface area contributed by atoms with Gasteiger partial charge in [0.05, 0.1) is 5.02 Å². The van der Waals surface area contributed by atoms with Crippen molar-refractivity contribution < 1.29 is 4.74 Å². The molecule has 0 aliphatic heterocycles. The van der Waals surface area contributed by atoms with Gasteiger partial charge in [0, 0.05) is 5.69 Å². The zero-order valence-electron chi connectivity index (χ0n) is 7.90. The van der Waals surface area contributed by atoms with Crippen molar-refractivity contribution in [1.82, 2.24) is 10.2 Å². The smallest absolute Gasteiger partial charge is 0.299 e. The van der Waals surface area contributed by atoms with Crippen molar-refractivity contribution in [2.75, 3.05) is 5.73 Å². The summed E-state index contributed by atoms with van der Waals surface area (Å²) >= 11 is 7.30. The summed E-state index contributed by atoms with van der Waals surface area (Å²) < 4.78 is 5.44. The van der Waals surface area contributed by atoms with Crippen LogP contribution in [0.15, 0.2) is 18.2 Å². The zero-order valence-corrected chi connectivity index (χ0v) is 9.47. The third-order valence-electron chi connectivity index (χ3n) is 1.66. The fraction of sp³-hybridized carbons (Fsp3) is 0.111. The lowest BCUT2D eigenvalue weighted by Gasteiger charge is -2.03. The van der Waals surface area contributed by atoms with Crippen LogP contribution in [0.3, 0.4) is 0 Å². The molecule has 0 spiro atoms. The Morgan fingerprint density at radius 1 is 1.40 bits per heavy atom. The number of hydrogen-bond acceptors (Lipinski definition) is 5. The minimum absolute atomic E-state index is 0.461. The van der Waals surface area contributed by atoms with Gasteiger partial charge in [-0.05, 0) is 25.1 Å². The first-order valence-corrected chi connectivity index (χ1v) is 5.37. The molecule has 1 aromatic carbocycles. The van der Waals surface area contributed by atoms with Crippen molar-refractivity contribution in [3.05, 3.63) is 28.2 Å². The lowest BCUT2D eigenvalue weighted by atomic mass is 10.3. The molecule has 1 heterocycles. The van der Waals surface area contributed by atoms with Crippen LogP contribution in [0.4, 0.5) is 5.69 Å². The number of benzene rings is 1. The standard InChI is InChI=1S/C9H8ClN3OS/c1-5-12-13-9(15-5)14-8-3-2-6(11)4-7(8)10/h2-4H,11H2,1H3. The monoisotopic (exact) mass is 241 g/mol. The topological polar surface area (TPSA) is 61.0 Å². The molecule has 4 nitrogen and oxygen atoms in total. The number of aromatic nitrogens is 2. The molecule has 0 bridgehead atoms. The Morgan fingerprint density at radius 2 is 2.20 bits per heavy atom. The largest absolute Gasteiger partial charge is 0.428 e. The van der Waals surface area contributed by atoms with Crippen molar-refractivity contribution in [2.24, 2.45) is 0 Å². The van der Waals surface area contributed by atoms with E-state index in [1.807, 2.05) is 6.92 Å². The molecule has 0 radical (unpaired) electrons. The van der Waals surface area contributed by atoms with Gasteiger partial charge in [-0.2, -0.15) is 0 Å². The maximum atomic E-state index is 5.94. The van der Waals surface area contributed by atoms with Crippen molar-refractivity contribution >= 4 is 28.6 Å². The third-order valence-corrected chi connectivity index (χ3v) is 2.67. The van der Waals surface area contributed by atoms with Gasteiger partial charge in [-0.25, -0.2) is 0 Å². The van der Waals surface area contributed by atoms with Crippen LogP contribution in [0, 0.1) is 6.92 Å². The van der Waals surface area contributed by atoms with Gasteiger partial charge in [0.2, 0.25) is 0 Å². The Morgan fingerprint density at radius 3 is 2.80 bits per heavy atom.